The molecule has 1 atom stereocenters. The fourth-order valence-electron chi connectivity index (χ4n) is 0.993. The minimum atomic E-state index is -1.17. The summed E-state index contributed by atoms with van der Waals surface area (Å²) in [7, 11) is 0. The molecule has 14 heavy (non-hydrogen) atoms. The number of aliphatic hydroxyl groups is 1. The van der Waals surface area contributed by atoms with Gasteiger partial charge in [0.2, 0.25) is 0 Å². The average molecular weight is 204 g/mol. The van der Waals surface area contributed by atoms with Crippen LogP contribution in [-0.2, 0) is 9.53 Å². The molecular formula is C10H13NaO3. The van der Waals surface area contributed by atoms with Crippen molar-refractivity contribution in [3.05, 3.63) is 35.9 Å². The summed E-state index contributed by atoms with van der Waals surface area (Å²) in [5.74, 6) is -0.603. The molecule has 1 aromatic rings. The zero-order valence-corrected chi connectivity index (χ0v) is 10.4. The van der Waals surface area contributed by atoms with E-state index in [4.69, 9.17) is 0 Å². The number of aliphatic hydroxyl groups excluding tert-OH is 1. The predicted molar refractivity (Wildman–Crippen MR) is 49.1 cm³/mol. The van der Waals surface area contributed by atoms with Crippen molar-refractivity contribution < 1.29 is 45.6 Å². The third-order valence-electron chi connectivity index (χ3n) is 1.63. The second-order valence-electron chi connectivity index (χ2n) is 2.57. The molecular weight excluding hydrogens is 191 g/mol. The van der Waals surface area contributed by atoms with E-state index in [1.807, 2.05) is 6.07 Å². The molecule has 0 aliphatic rings. The summed E-state index contributed by atoms with van der Waals surface area (Å²) in [5, 5.41) is 9.45. The topological polar surface area (TPSA) is 46.5 Å². The number of hydrogen-bond donors (Lipinski definition) is 1. The van der Waals surface area contributed by atoms with Crippen LogP contribution in [0.2, 0.25) is 0 Å². The zero-order chi connectivity index (χ0) is 9.68. The predicted octanol–water partition coefficient (Wildman–Crippen LogP) is -1.60. The molecule has 0 radical (unpaired) electrons. The van der Waals surface area contributed by atoms with Crippen molar-refractivity contribution in [1.29, 1.82) is 0 Å². The first kappa shape index (κ1) is 13.7. The van der Waals surface area contributed by atoms with Gasteiger partial charge in [-0.3, -0.25) is 0 Å². The molecule has 0 bridgehead atoms. The molecule has 3 nitrogen and oxygen atoms in total. The van der Waals surface area contributed by atoms with Gasteiger partial charge in [0.25, 0.3) is 0 Å². The number of esters is 1. The van der Waals surface area contributed by atoms with Gasteiger partial charge in [0.05, 0.1) is 6.61 Å². The van der Waals surface area contributed by atoms with Gasteiger partial charge >= 0.3 is 35.5 Å². The summed E-state index contributed by atoms with van der Waals surface area (Å²) in [5.41, 5.74) is 0.556. The van der Waals surface area contributed by atoms with E-state index in [-0.39, 0.29) is 37.6 Å². The minimum Gasteiger partial charge on any atom is -1.00 e. The van der Waals surface area contributed by atoms with E-state index in [9.17, 15) is 9.90 Å². The number of hydrogen-bond acceptors (Lipinski definition) is 3. The SMILES string of the molecule is CCOC(=O)[C@H](O)c1ccccc1.[H-].[Na+]. The van der Waals surface area contributed by atoms with Crippen LogP contribution in [0.15, 0.2) is 30.3 Å². The maximum atomic E-state index is 11.1. The Balaban J connectivity index is 0. The summed E-state index contributed by atoms with van der Waals surface area (Å²) in [4.78, 5) is 11.1. The molecule has 0 aliphatic heterocycles. The smallest absolute Gasteiger partial charge is 1.00 e. The van der Waals surface area contributed by atoms with Gasteiger partial charge in [-0.15, -0.1) is 0 Å². The standard InChI is InChI=1S/C10H12O3.Na.H/c1-2-13-10(12)9(11)8-6-4-3-5-7-8;;/h3-7,9,11H,2H2,1H3;;/q;+1;-1/t9-;;/m1../s1. The van der Waals surface area contributed by atoms with Crippen molar-refractivity contribution in [2.45, 2.75) is 13.0 Å². The van der Waals surface area contributed by atoms with Gasteiger partial charge < -0.3 is 11.3 Å². The zero-order valence-electron chi connectivity index (χ0n) is 9.43. The van der Waals surface area contributed by atoms with E-state index in [0.717, 1.165) is 0 Å². The molecule has 72 valence electrons. The van der Waals surface area contributed by atoms with Crippen molar-refractivity contribution >= 4 is 5.97 Å². The fourth-order valence-corrected chi connectivity index (χ4v) is 0.993. The maximum Gasteiger partial charge on any atom is 1.00 e. The molecule has 0 saturated carbocycles. The Morgan fingerprint density at radius 1 is 1.50 bits per heavy atom. The van der Waals surface area contributed by atoms with Crippen LogP contribution in [0, 0.1) is 0 Å². The molecule has 0 saturated heterocycles. The number of carbonyl (C=O) groups is 1. The third-order valence-corrected chi connectivity index (χ3v) is 1.63. The van der Waals surface area contributed by atoms with Crippen LogP contribution in [0.4, 0.5) is 0 Å². The Hall–Kier alpha value is -0.350. The first-order valence-corrected chi connectivity index (χ1v) is 4.15. The van der Waals surface area contributed by atoms with Crippen molar-refractivity contribution in [2.24, 2.45) is 0 Å². The number of rotatable bonds is 3. The Labute approximate surface area is 107 Å². The number of benzene rings is 1. The van der Waals surface area contributed by atoms with Crippen molar-refractivity contribution in [3.8, 4) is 0 Å². The molecule has 0 aliphatic carbocycles. The number of carbonyl (C=O) groups excluding carboxylic acids is 1. The van der Waals surface area contributed by atoms with Crippen molar-refractivity contribution in [2.75, 3.05) is 6.61 Å². The molecule has 1 aromatic carbocycles. The summed E-state index contributed by atoms with van der Waals surface area (Å²) < 4.78 is 4.67. The Bertz CT molecular complexity index is 279. The normalized spacial score (nSPS) is 11.3. The molecule has 1 N–H and O–H groups in total. The van der Waals surface area contributed by atoms with Crippen molar-refractivity contribution in [1.82, 2.24) is 0 Å². The summed E-state index contributed by atoms with van der Waals surface area (Å²) in [6.45, 7) is 1.98. The van der Waals surface area contributed by atoms with E-state index < -0.39 is 12.1 Å². The van der Waals surface area contributed by atoms with Crippen LogP contribution >= 0.6 is 0 Å². The number of ether oxygens (including phenoxy) is 1. The Morgan fingerprint density at radius 2 is 2.07 bits per heavy atom. The van der Waals surface area contributed by atoms with Gasteiger partial charge in [-0.25, -0.2) is 4.79 Å². The largest absolute Gasteiger partial charge is 1.00 e. The van der Waals surface area contributed by atoms with Gasteiger partial charge in [0, 0.05) is 0 Å². The minimum absolute atomic E-state index is 0. The van der Waals surface area contributed by atoms with Gasteiger partial charge in [-0.1, -0.05) is 30.3 Å². The summed E-state index contributed by atoms with van der Waals surface area (Å²) in [6, 6.07) is 8.71. The van der Waals surface area contributed by atoms with E-state index in [1.165, 1.54) is 0 Å². The second kappa shape index (κ2) is 7.01. The monoisotopic (exact) mass is 204 g/mol. The Kier molecular flexibility index (Phi) is 6.83. The molecule has 4 heteroatoms. The quantitative estimate of drug-likeness (QED) is 0.476. The van der Waals surface area contributed by atoms with Crippen LogP contribution < -0.4 is 29.6 Å². The fraction of sp³-hybridized carbons (Fsp3) is 0.300. The molecule has 0 fully saturated rings. The van der Waals surface area contributed by atoms with Gasteiger partial charge in [-0.2, -0.15) is 0 Å². The Morgan fingerprint density at radius 3 is 2.57 bits per heavy atom. The van der Waals surface area contributed by atoms with E-state index in [0.29, 0.717) is 5.56 Å². The molecule has 0 amide bonds. The molecule has 0 spiro atoms. The average Bonchev–Trinajstić information content (AvgIpc) is 2.18. The van der Waals surface area contributed by atoms with Gasteiger partial charge in [0.1, 0.15) is 0 Å². The van der Waals surface area contributed by atoms with E-state index >= 15 is 0 Å². The van der Waals surface area contributed by atoms with Gasteiger partial charge in [0.15, 0.2) is 6.10 Å². The van der Waals surface area contributed by atoms with Crippen LogP contribution in [0.1, 0.15) is 20.0 Å². The summed E-state index contributed by atoms with van der Waals surface area (Å²) >= 11 is 0. The van der Waals surface area contributed by atoms with Crippen LogP contribution in [0.3, 0.4) is 0 Å². The van der Waals surface area contributed by atoms with Crippen LogP contribution in [0.5, 0.6) is 0 Å². The first-order chi connectivity index (χ1) is 6.25. The first-order valence-electron chi connectivity index (χ1n) is 4.15. The van der Waals surface area contributed by atoms with Gasteiger partial charge in [-0.05, 0) is 12.5 Å². The molecule has 0 heterocycles. The molecule has 0 unspecified atom stereocenters. The molecule has 0 aromatic heterocycles. The van der Waals surface area contributed by atoms with Crippen LogP contribution in [-0.4, -0.2) is 17.7 Å². The van der Waals surface area contributed by atoms with E-state index in [1.54, 1.807) is 31.2 Å². The van der Waals surface area contributed by atoms with Crippen molar-refractivity contribution in [3.63, 3.8) is 0 Å². The van der Waals surface area contributed by atoms with Crippen LogP contribution in [0.25, 0.3) is 0 Å². The summed E-state index contributed by atoms with van der Waals surface area (Å²) in [6.07, 6.45) is -1.17. The maximum absolute atomic E-state index is 11.1. The second-order valence-corrected chi connectivity index (χ2v) is 2.57. The van der Waals surface area contributed by atoms with E-state index in [2.05, 4.69) is 4.74 Å². The third kappa shape index (κ3) is 3.80. The molecule has 1 rings (SSSR count).